The summed E-state index contributed by atoms with van der Waals surface area (Å²) in [7, 11) is 0. The first-order valence-corrected chi connectivity index (χ1v) is 7.33. The first-order valence-electron chi connectivity index (χ1n) is 5.72. The largest absolute Gasteiger partial charge is 0.390 e. The first-order chi connectivity index (χ1) is 8.46. The van der Waals surface area contributed by atoms with Crippen LogP contribution in [-0.2, 0) is 0 Å². The lowest BCUT2D eigenvalue weighted by atomic mass is 10.1. The Morgan fingerprint density at radius 2 is 1.85 bits per heavy atom. The van der Waals surface area contributed by atoms with E-state index in [1.165, 1.54) is 11.3 Å². The molecule has 1 fully saturated rings. The summed E-state index contributed by atoms with van der Waals surface area (Å²) in [5.74, 6) is 0. The Hall–Kier alpha value is 0.470. The summed E-state index contributed by atoms with van der Waals surface area (Å²) in [6.45, 7) is 2.83. The lowest BCUT2D eigenvalue weighted by Crippen LogP contribution is -2.45. The molecule has 0 amide bonds. The van der Waals surface area contributed by atoms with E-state index in [1.807, 2.05) is 11.0 Å². The maximum atomic E-state index is 12.7. The normalized spacial score (nSPS) is 18.0. The van der Waals surface area contributed by atoms with E-state index in [1.54, 1.807) is 6.07 Å². The van der Waals surface area contributed by atoms with Crippen molar-refractivity contribution in [2.24, 2.45) is 0 Å². The standard InChI is InChI=1S/C11H14BrF3N2S.2ClH/c12-10-2-1-9(18-10)8(7-11(13,14)15)17-5-3-16-4-6-17;;/h1-2,8,16H,3-7H2;2*1H/t8-;;/m0../s1. The van der Waals surface area contributed by atoms with Crippen LogP contribution >= 0.6 is 52.1 Å². The van der Waals surface area contributed by atoms with Crippen molar-refractivity contribution in [2.75, 3.05) is 26.2 Å². The second kappa shape index (κ2) is 8.80. The Kier molecular flexibility index (Phi) is 9.01. The molecule has 0 unspecified atom stereocenters. The highest BCUT2D eigenvalue weighted by atomic mass is 79.9. The van der Waals surface area contributed by atoms with E-state index in [0.29, 0.717) is 13.1 Å². The molecule has 1 aliphatic heterocycles. The molecular weight excluding hydrogens is 400 g/mol. The molecule has 1 N–H and O–H groups in total. The number of piperazine rings is 1. The van der Waals surface area contributed by atoms with Crippen molar-refractivity contribution in [3.8, 4) is 0 Å². The molecule has 0 radical (unpaired) electrons. The van der Waals surface area contributed by atoms with Gasteiger partial charge in [-0.05, 0) is 28.1 Å². The van der Waals surface area contributed by atoms with Crippen molar-refractivity contribution >= 4 is 52.1 Å². The van der Waals surface area contributed by atoms with Crippen molar-refractivity contribution in [1.82, 2.24) is 10.2 Å². The predicted molar refractivity (Wildman–Crippen MR) is 84.4 cm³/mol. The van der Waals surface area contributed by atoms with Gasteiger partial charge in [-0.3, -0.25) is 4.90 Å². The second-order valence-corrected chi connectivity index (χ2v) is 6.76. The molecule has 1 aromatic rings. The molecule has 0 spiro atoms. The second-order valence-electron chi connectivity index (χ2n) is 4.26. The maximum Gasteiger partial charge on any atom is 0.390 e. The quantitative estimate of drug-likeness (QED) is 0.793. The van der Waals surface area contributed by atoms with Gasteiger partial charge in [0.25, 0.3) is 0 Å². The third-order valence-electron chi connectivity index (χ3n) is 2.94. The highest BCUT2D eigenvalue weighted by Crippen LogP contribution is 2.38. The molecule has 1 aromatic heterocycles. The van der Waals surface area contributed by atoms with Crippen LogP contribution in [0.3, 0.4) is 0 Å². The molecule has 0 saturated carbocycles. The monoisotopic (exact) mass is 414 g/mol. The van der Waals surface area contributed by atoms with Gasteiger partial charge in [0.1, 0.15) is 0 Å². The summed E-state index contributed by atoms with van der Waals surface area (Å²) >= 11 is 4.70. The van der Waals surface area contributed by atoms with E-state index in [2.05, 4.69) is 21.2 Å². The van der Waals surface area contributed by atoms with Crippen LogP contribution in [0.15, 0.2) is 15.9 Å². The van der Waals surface area contributed by atoms with Gasteiger partial charge in [0.15, 0.2) is 0 Å². The first kappa shape index (κ1) is 20.5. The Bertz CT molecular complexity index is 397. The Morgan fingerprint density at radius 1 is 1.25 bits per heavy atom. The highest BCUT2D eigenvalue weighted by Gasteiger charge is 2.36. The zero-order chi connectivity index (χ0) is 13.2. The van der Waals surface area contributed by atoms with E-state index in [4.69, 9.17) is 0 Å². The minimum Gasteiger partial charge on any atom is -0.314 e. The van der Waals surface area contributed by atoms with Gasteiger partial charge in [-0.25, -0.2) is 0 Å². The average Bonchev–Trinajstić information content (AvgIpc) is 2.73. The highest BCUT2D eigenvalue weighted by molar-refractivity contribution is 9.11. The van der Waals surface area contributed by atoms with Crippen LogP contribution in [0.4, 0.5) is 13.2 Å². The Morgan fingerprint density at radius 3 is 2.30 bits per heavy atom. The molecule has 2 nitrogen and oxygen atoms in total. The van der Waals surface area contributed by atoms with E-state index in [9.17, 15) is 13.2 Å². The van der Waals surface area contributed by atoms with Crippen LogP contribution in [0.25, 0.3) is 0 Å². The van der Waals surface area contributed by atoms with E-state index >= 15 is 0 Å². The molecule has 0 aromatic carbocycles. The minimum absolute atomic E-state index is 0. The molecule has 2 rings (SSSR count). The van der Waals surface area contributed by atoms with Gasteiger partial charge in [-0.1, -0.05) is 0 Å². The SMILES string of the molecule is Cl.Cl.FC(F)(F)C[C@@H](c1ccc(Br)s1)N1CCNCC1. The van der Waals surface area contributed by atoms with Gasteiger partial charge < -0.3 is 5.32 Å². The molecule has 1 aliphatic rings. The van der Waals surface area contributed by atoms with Crippen molar-refractivity contribution < 1.29 is 13.2 Å². The topological polar surface area (TPSA) is 15.3 Å². The lowest BCUT2D eigenvalue weighted by molar-refractivity contribution is -0.148. The molecule has 118 valence electrons. The van der Waals surface area contributed by atoms with Gasteiger partial charge in [0.05, 0.1) is 16.2 Å². The van der Waals surface area contributed by atoms with Crippen molar-refractivity contribution in [2.45, 2.75) is 18.6 Å². The molecule has 2 heterocycles. The fourth-order valence-electron chi connectivity index (χ4n) is 2.13. The molecular formula is C11H16BrCl2F3N2S. The van der Waals surface area contributed by atoms with Crippen LogP contribution in [0.1, 0.15) is 17.3 Å². The zero-order valence-corrected chi connectivity index (χ0v) is 14.5. The van der Waals surface area contributed by atoms with Crippen LogP contribution < -0.4 is 5.32 Å². The van der Waals surface area contributed by atoms with Crippen LogP contribution in [-0.4, -0.2) is 37.3 Å². The fourth-order valence-corrected chi connectivity index (χ4v) is 3.69. The molecule has 0 aliphatic carbocycles. The number of rotatable bonds is 3. The summed E-state index contributed by atoms with van der Waals surface area (Å²) in [4.78, 5) is 2.70. The Balaban J connectivity index is 0.00000180. The van der Waals surface area contributed by atoms with E-state index in [0.717, 1.165) is 21.8 Å². The maximum absolute atomic E-state index is 12.7. The van der Waals surface area contributed by atoms with Crippen LogP contribution in [0.2, 0.25) is 0 Å². The number of nitrogens with one attached hydrogen (secondary N) is 1. The number of hydrogen-bond donors (Lipinski definition) is 1. The van der Waals surface area contributed by atoms with Crippen molar-refractivity contribution in [3.63, 3.8) is 0 Å². The van der Waals surface area contributed by atoms with E-state index < -0.39 is 18.6 Å². The summed E-state index contributed by atoms with van der Waals surface area (Å²) in [5, 5.41) is 3.16. The molecule has 0 bridgehead atoms. The smallest absolute Gasteiger partial charge is 0.314 e. The average molecular weight is 416 g/mol. The summed E-state index contributed by atoms with van der Waals surface area (Å²) < 4.78 is 39.0. The number of alkyl halides is 3. The van der Waals surface area contributed by atoms with Crippen LogP contribution in [0, 0.1) is 0 Å². The predicted octanol–water partition coefficient (Wildman–Crippen LogP) is 4.25. The third-order valence-corrected chi connectivity index (χ3v) is 4.66. The summed E-state index contributed by atoms with van der Waals surface area (Å²) in [5.41, 5.74) is 0. The Labute approximate surface area is 141 Å². The molecule has 20 heavy (non-hydrogen) atoms. The minimum atomic E-state index is -4.13. The van der Waals surface area contributed by atoms with Gasteiger partial charge in [0, 0.05) is 31.1 Å². The van der Waals surface area contributed by atoms with Crippen LogP contribution in [0.5, 0.6) is 0 Å². The van der Waals surface area contributed by atoms with E-state index in [-0.39, 0.29) is 24.8 Å². The van der Waals surface area contributed by atoms with Gasteiger partial charge in [0.2, 0.25) is 0 Å². The van der Waals surface area contributed by atoms with Crippen molar-refractivity contribution in [1.29, 1.82) is 0 Å². The third kappa shape index (κ3) is 6.07. The molecule has 1 saturated heterocycles. The number of hydrogen-bond acceptors (Lipinski definition) is 3. The number of nitrogens with zero attached hydrogens (tertiary/aromatic N) is 1. The van der Waals surface area contributed by atoms with Gasteiger partial charge in [-0.15, -0.1) is 36.2 Å². The fraction of sp³-hybridized carbons (Fsp3) is 0.636. The summed E-state index contributed by atoms with van der Waals surface area (Å²) in [6, 6.07) is 3.04. The number of halogens is 6. The van der Waals surface area contributed by atoms with Gasteiger partial charge >= 0.3 is 6.18 Å². The summed E-state index contributed by atoms with van der Waals surface area (Å²) in [6.07, 6.45) is -4.91. The lowest BCUT2D eigenvalue weighted by Gasteiger charge is -2.34. The zero-order valence-electron chi connectivity index (χ0n) is 10.5. The molecule has 1 atom stereocenters. The molecule has 9 heteroatoms. The van der Waals surface area contributed by atoms with Crippen molar-refractivity contribution in [3.05, 3.63) is 20.8 Å². The number of thiophene rings is 1. The van der Waals surface area contributed by atoms with Gasteiger partial charge in [-0.2, -0.15) is 13.2 Å².